The normalized spacial score (nSPS) is 34.7. The molecule has 2 fully saturated rings. The fourth-order valence-corrected chi connectivity index (χ4v) is 3.21. The molecule has 1 aliphatic heterocycles. The molecule has 1 saturated heterocycles. The fourth-order valence-electron chi connectivity index (χ4n) is 3.21. The van der Waals surface area contributed by atoms with Crippen molar-refractivity contribution in [2.75, 3.05) is 0 Å². The van der Waals surface area contributed by atoms with E-state index < -0.39 is 11.7 Å². The number of carbonyl (C=O) groups is 1. The lowest BCUT2D eigenvalue weighted by Crippen LogP contribution is -2.45. The molecular weight excluding hydrogens is 232 g/mol. The first kappa shape index (κ1) is 13.8. The highest BCUT2D eigenvalue weighted by Gasteiger charge is 2.51. The van der Waals surface area contributed by atoms with E-state index in [4.69, 9.17) is 9.47 Å². The number of rotatable bonds is 3. The van der Waals surface area contributed by atoms with Crippen LogP contribution in [-0.2, 0) is 14.3 Å². The first-order valence-corrected chi connectivity index (χ1v) is 6.98. The average molecular weight is 256 g/mol. The van der Waals surface area contributed by atoms with Gasteiger partial charge < -0.3 is 14.6 Å². The minimum atomic E-state index is -0.967. The van der Waals surface area contributed by atoms with Crippen molar-refractivity contribution < 1.29 is 19.4 Å². The van der Waals surface area contributed by atoms with E-state index in [9.17, 15) is 9.90 Å². The summed E-state index contributed by atoms with van der Waals surface area (Å²) in [5.74, 6) is -0.605. The van der Waals surface area contributed by atoms with Gasteiger partial charge in [0.15, 0.2) is 6.10 Å². The van der Waals surface area contributed by atoms with Gasteiger partial charge in [-0.1, -0.05) is 19.3 Å². The second-order valence-corrected chi connectivity index (χ2v) is 6.14. The number of ether oxygens (including phenoxy) is 2. The van der Waals surface area contributed by atoms with E-state index in [-0.39, 0.29) is 24.1 Å². The highest BCUT2D eigenvalue weighted by atomic mass is 16.6. The Kier molecular flexibility index (Phi) is 3.97. The molecule has 1 saturated carbocycles. The van der Waals surface area contributed by atoms with Crippen LogP contribution in [0.15, 0.2) is 0 Å². The number of carbonyl (C=O) groups excluding carboxylic acids is 1. The third kappa shape index (κ3) is 2.86. The van der Waals surface area contributed by atoms with Crippen LogP contribution >= 0.6 is 0 Å². The Morgan fingerprint density at radius 1 is 1.28 bits per heavy atom. The standard InChI is InChI=1S/C14H24O4/c1-9-11(14(2,3)16)12(13(15)17-9)18-10-7-5-4-6-8-10/h9-12,16H,4-8H2,1-3H3. The predicted molar refractivity (Wildman–Crippen MR) is 67.1 cm³/mol. The maximum Gasteiger partial charge on any atom is 0.336 e. The molecule has 0 aromatic rings. The molecule has 0 bridgehead atoms. The number of hydrogen-bond donors (Lipinski definition) is 1. The predicted octanol–water partition coefficient (Wildman–Crippen LogP) is 2.04. The average Bonchev–Trinajstić information content (AvgIpc) is 2.54. The topological polar surface area (TPSA) is 55.8 Å². The van der Waals surface area contributed by atoms with Crippen LogP contribution in [0.25, 0.3) is 0 Å². The summed E-state index contributed by atoms with van der Waals surface area (Å²) in [5, 5.41) is 10.2. The van der Waals surface area contributed by atoms with E-state index in [2.05, 4.69) is 0 Å². The summed E-state index contributed by atoms with van der Waals surface area (Å²) < 4.78 is 11.2. The second kappa shape index (κ2) is 5.17. The van der Waals surface area contributed by atoms with E-state index in [1.807, 2.05) is 6.92 Å². The Hall–Kier alpha value is -0.610. The Bertz CT molecular complexity index is 301. The van der Waals surface area contributed by atoms with E-state index in [1.54, 1.807) is 13.8 Å². The summed E-state index contributed by atoms with van der Waals surface area (Å²) in [4.78, 5) is 11.9. The largest absolute Gasteiger partial charge is 0.460 e. The van der Waals surface area contributed by atoms with Crippen LogP contribution in [0.5, 0.6) is 0 Å². The molecule has 3 unspecified atom stereocenters. The molecule has 3 atom stereocenters. The van der Waals surface area contributed by atoms with E-state index in [0.717, 1.165) is 25.7 Å². The SMILES string of the molecule is CC1OC(=O)C(OC2CCCCC2)C1C(C)(C)O. The van der Waals surface area contributed by atoms with Gasteiger partial charge in [0.1, 0.15) is 6.10 Å². The molecule has 4 heteroatoms. The zero-order valence-electron chi connectivity index (χ0n) is 11.5. The summed E-state index contributed by atoms with van der Waals surface area (Å²) in [6.45, 7) is 5.26. The van der Waals surface area contributed by atoms with Crippen molar-refractivity contribution in [3.63, 3.8) is 0 Å². The Balaban J connectivity index is 2.05. The van der Waals surface area contributed by atoms with Crippen molar-refractivity contribution in [1.29, 1.82) is 0 Å². The van der Waals surface area contributed by atoms with Crippen LogP contribution in [-0.4, -0.2) is 35.0 Å². The lowest BCUT2D eigenvalue weighted by Gasteiger charge is -2.33. The van der Waals surface area contributed by atoms with Gasteiger partial charge in [-0.3, -0.25) is 0 Å². The molecule has 1 aliphatic carbocycles. The molecule has 0 amide bonds. The summed E-state index contributed by atoms with van der Waals surface area (Å²) in [5.41, 5.74) is -0.967. The molecule has 0 aromatic heterocycles. The lowest BCUT2D eigenvalue weighted by molar-refractivity contribution is -0.155. The van der Waals surface area contributed by atoms with Gasteiger partial charge in [-0.05, 0) is 33.6 Å². The van der Waals surface area contributed by atoms with Crippen molar-refractivity contribution >= 4 is 5.97 Å². The van der Waals surface area contributed by atoms with Crippen molar-refractivity contribution in [2.24, 2.45) is 5.92 Å². The molecule has 1 N–H and O–H groups in total. The van der Waals surface area contributed by atoms with Gasteiger partial charge in [-0.15, -0.1) is 0 Å². The summed E-state index contributed by atoms with van der Waals surface area (Å²) in [7, 11) is 0. The van der Waals surface area contributed by atoms with Crippen LogP contribution in [0.2, 0.25) is 0 Å². The van der Waals surface area contributed by atoms with Crippen LogP contribution in [0.3, 0.4) is 0 Å². The van der Waals surface area contributed by atoms with Crippen molar-refractivity contribution in [3.05, 3.63) is 0 Å². The van der Waals surface area contributed by atoms with E-state index in [1.165, 1.54) is 6.42 Å². The van der Waals surface area contributed by atoms with E-state index in [0.29, 0.717) is 0 Å². The second-order valence-electron chi connectivity index (χ2n) is 6.14. The smallest absolute Gasteiger partial charge is 0.336 e. The highest BCUT2D eigenvalue weighted by molar-refractivity contribution is 5.77. The third-order valence-electron chi connectivity index (χ3n) is 4.07. The van der Waals surface area contributed by atoms with Crippen LogP contribution in [0, 0.1) is 5.92 Å². The number of hydrogen-bond acceptors (Lipinski definition) is 4. The maximum absolute atomic E-state index is 11.9. The quantitative estimate of drug-likeness (QED) is 0.785. The molecule has 0 aromatic carbocycles. The first-order valence-electron chi connectivity index (χ1n) is 6.98. The van der Waals surface area contributed by atoms with E-state index >= 15 is 0 Å². The van der Waals surface area contributed by atoms with Gasteiger partial charge in [0.25, 0.3) is 0 Å². The molecule has 0 radical (unpaired) electrons. The van der Waals surface area contributed by atoms with Gasteiger partial charge in [0.2, 0.25) is 0 Å². The van der Waals surface area contributed by atoms with Crippen molar-refractivity contribution in [1.82, 2.24) is 0 Å². The van der Waals surface area contributed by atoms with Crippen LogP contribution < -0.4 is 0 Å². The maximum atomic E-state index is 11.9. The Morgan fingerprint density at radius 3 is 2.44 bits per heavy atom. The van der Waals surface area contributed by atoms with Crippen LogP contribution in [0.4, 0.5) is 0 Å². The fraction of sp³-hybridized carbons (Fsp3) is 0.929. The van der Waals surface area contributed by atoms with Gasteiger partial charge in [0.05, 0.1) is 17.6 Å². The molecule has 4 nitrogen and oxygen atoms in total. The Labute approximate surface area is 109 Å². The van der Waals surface area contributed by atoms with Gasteiger partial charge >= 0.3 is 5.97 Å². The van der Waals surface area contributed by atoms with Crippen LogP contribution in [0.1, 0.15) is 52.9 Å². The number of aliphatic hydroxyl groups is 1. The van der Waals surface area contributed by atoms with Gasteiger partial charge in [0, 0.05) is 0 Å². The first-order chi connectivity index (χ1) is 8.39. The molecular formula is C14H24O4. The van der Waals surface area contributed by atoms with Crippen molar-refractivity contribution in [2.45, 2.75) is 76.8 Å². The molecule has 104 valence electrons. The minimum absolute atomic E-state index is 0.145. The summed E-state index contributed by atoms with van der Waals surface area (Å²) in [6.07, 6.45) is 4.85. The zero-order valence-corrected chi connectivity index (χ0v) is 11.5. The third-order valence-corrected chi connectivity index (χ3v) is 4.07. The molecule has 18 heavy (non-hydrogen) atoms. The number of cyclic esters (lactones) is 1. The zero-order chi connectivity index (χ0) is 13.3. The van der Waals surface area contributed by atoms with Gasteiger partial charge in [-0.2, -0.15) is 0 Å². The molecule has 2 rings (SSSR count). The highest BCUT2D eigenvalue weighted by Crippen LogP contribution is 2.36. The monoisotopic (exact) mass is 256 g/mol. The van der Waals surface area contributed by atoms with Crippen molar-refractivity contribution in [3.8, 4) is 0 Å². The minimum Gasteiger partial charge on any atom is -0.460 e. The lowest BCUT2D eigenvalue weighted by atomic mass is 9.83. The Morgan fingerprint density at radius 2 is 1.89 bits per heavy atom. The molecule has 2 aliphatic rings. The summed E-state index contributed by atoms with van der Waals surface area (Å²) in [6, 6.07) is 0. The summed E-state index contributed by atoms with van der Waals surface area (Å²) >= 11 is 0. The number of esters is 1. The molecule has 1 heterocycles. The molecule has 0 spiro atoms. The van der Waals surface area contributed by atoms with Gasteiger partial charge in [-0.25, -0.2) is 4.79 Å².